The average Bonchev–Trinajstić information content (AvgIpc) is 2.76. The Kier molecular flexibility index (Phi) is 2.71. The van der Waals surface area contributed by atoms with Crippen LogP contribution < -0.4 is 5.32 Å². The minimum Gasteiger partial charge on any atom is -0.349 e. The number of hydrogen-bond acceptors (Lipinski definition) is 2. The van der Waals surface area contributed by atoms with Crippen LogP contribution in [0.25, 0.3) is 0 Å². The fourth-order valence-corrected chi connectivity index (χ4v) is 6.10. The first-order valence-electron chi connectivity index (χ1n) is 8.48. The number of nitrogens with one attached hydrogen (secondary N) is 1. The molecule has 3 nitrogen and oxygen atoms in total. The molecule has 3 fully saturated rings. The van der Waals surface area contributed by atoms with Gasteiger partial charge in [0.2, 0.25) is 5.91 Å². The fourth-order valence-electron chi connectivity index (χ4n) is 6.10. The Morgan fingerprint density at radius 1 is 1.10 bits per heavy atom. The maximum atomic E-state index is 12.3. The van der Waals surface area contributed by atoms with Crippen LogP contribution in [0, 0.1) is 28.6 Å². The molecular weight excluding hydrogens is 262 g/mol. The predicted octanol–water partition coefficient (Wildman–Crippen LogP) is 2.85. The van der Waals surface area contributed by atoms with Crippen LogP contribution in [0.2, 0.25) is 0 Å². The maximum Gasteiger partial charge on any atom is 0.243 e. The molecule has 0 bridgehead atoms. The third-order valence-electron chi connectivity index (χ3n) is 7.39. The van der Waals surface area contributed by atoms with Crippen LogP contribution in [0.1, 0.15) is 52.4 Å². The van der Waals surface area contributed by atoms with Gasteiger partial charge in [0.1, 0.15) is 5.78 Å². The lowest BCUT2D eigenvalue weighted by molar-refractivity contribution is -0.134. The van der Waals surface area contributed by atoms with E-state index in [0.29, 0.717) is 23.5 Å². The standard InChI is InChI=1S/C18H25NO2/c1-17-10-8-16(21)19-14(17)5-3-11-12-4-6-15(20)18(12,2)9-7-13(11)17/h8,10-14H,3-7,9H2,1-2H3,(H,19,21). The molecule has 3 aliphatic carbocycles. The molecule has 6 unspecified atom stereocenters. The molecule has 6 atom stereocenters. The number of fused-ring (bicyclic) bond motifs is 5. The van der Waals surface area contributed by atoms with Gasteiger partial charge in [-0.1, -0.05) is 19.9 Å². The van der Waals surface area contributed by atoms with Gasteiger partial charge in [0.15, 0.2) is 0 Å². The van der Waals surface area contributed by atoms with Crippen molar-refractivity contribution in [2.45, 2.75) is 58.4 Å². The van der Waals surface area contributed by atoms with Gasteiger partial charge in [0.25, 0.3) is 0 Å². The minimum absolute atomic E-state index is 0.0496. The largest absolute Gasteiger partial charge is 0.349 e. The zero-order chi connectivity index (χ0) is 14.8. The number of rotatable bonds is 0. The summed E-state index contributed by atoms with van der Waals surface area (Å²) in [6.45, 7) is 4.54. The molecule has 21 heavy (non-hydrogen) atoms. The lowest BCUT2D eigenvalue weighted by atomic mass is 9.48. The number of hydrogen-bond donors (Lipinski definition) is 1. The SMILES string of the molecule is CC12CCC3C(CCC4NC(=O)C=CC43C)C1CCC2=O. The van der Waals surface area contributed by atoms with Gasteiger partial charge in [0, 0.05) is 23.3 Å². The first-order chi connectivity index (χ1) is 9.95. The average molecular weight is 287 g/mol. The molecule has 3 saturated carbocycles. The molecule has 4 aliphatic rings. The van der Waals surface area contributed by atoms with E-state index in [2.05, 4.69) is 25.2 Å². The highest BCUT2D eigenvalue weighted by Crippen LogP contribution is 2.62. The van der Waals surface area contributed by atoms with E-state index in [1.54, 1.807) is 6.08 Å². The molecule has 3 heteroatoms. The summed E-state index contributed by atoms with van der Waals surface area (Å²) in [6.07, 6.45) is 10.2. The Bertz CT molecular complexity index is 539. The van der Waals surface area contributed by atoms with Crippen LogP contribution in [-0.4, -0.2) is 17.7 Å². The highest BCUT2D eigenvalue weighted by Gasteiger charge is 2.59. The number of Topliss-reactive ketones (excluding diaryl/α,β-unsaturated/α-hetero) is 1. The van der Waals surface area contributed by atoms with Crippen LogP contribution in [0.15, 0.2) is 12.2 Å². The zero-order valence-corrected chi connectivity index (χ0v) is 13.0. The smallest absolute Gasteiger partial charge is 0.243 e. The van der Waals surface area contributed by atoms with Gasteiger partial charge in [-0.25, -0.2) is 0 Å². The monoisotopic (exact) mass is 287 g/mol. The van der Waals surface area contributed by atoms with Crippen molar-refractivity contribution in [2.24, 2.45) is 28.6 Å². The van der Waals surface area contributed by atoms with E-state index in [4.69, 9.17) is 0 Å². The van der Waals surface area contributed by atoms with Gasteiger partial charge < -0.3 is 5.32 Å². The number of carbonyl (C=O) groups excluding carboxylic acids is 2. The van der Waals surface area contributed by atoms with E-state index in [-0.39, 0.29) is 22.8 Å². The molecule has 0 aromatic rings. The topological polar surface area (TPSA) is 46.2 Å². The van der Waals surface area contributed by atoms with E-state index >= 15 is 0 Å². The number of carbonyl (C=O) groups is 2. The zero-order valence-electron chi connectivity index (χ0n) is 13.0. The van der Waals surface area contributed by atoms with Crippen molar-refractivity contribution in [1.29, 1.82) is 0 Å². The lowest BCUT2D eigenvalue weighted by Crippen LogP contribution is -2.59. The van der Waals surface area contributed by atoms with E-state index in [0.717, 1.165) is 32.1 Å². The summed E-state index contributed by atoms with van der Waals surface area (Å²) in [6, 6.07) is 0.290. The highest BCUT2D eigenvalue weighted by atomic mass is 16.1. The van der Waals surface area contributed by atoms with E-state index in [1.165, 1.54) is 6.42 Å². The van der Waals surface area contributed by atoms with Crippen molar-refractivity contribution in [1.82, 2.24) is 5.32 Å². The molecule has 0 radical (unpaired) electrons. The lowest BCUT2D eigenvalue weighted by Gasteiger charge is -2.57. The summed E-state index contributed by atoms with van der Waals surface area (Å²) in [5, 5.41) is 3.18. The summed E-state index contributed by atoms with van der Waals surface area (Å²) in [7, 11) is 0. The van der Waals surface area contributed by atoms with Crippen molar-refractivity contribution in [3.05, 3.63) is 12.2 Å². The van der Waals surface area contributed by atoms with Crippen molar-refractivity contribution >= 4 is 11.7 Å². The predicted molar refractivity (Wildman–Crippen MR) is 80.5 cm³/mol. The van der Waals surface area contributed by atoms with Crippen LogP contribution >= 0.6 is 0 Å². The summed E-state index contributed by atoms with van der Waals surface area (Å²) >= 11 is 0. The quantitative estimate of drug-likeness (QED) is 0.744. The van der Waals surface area contributed by atoms with Gasteiger partial charge in [-0.15, -0.1) is 0 Å². The Morgan fingerprint density at radius 3 is 2.71 bits per heavy atom. The van der Waals surface area contributed by atoms with Crippen molar-refractivity contribution < 1.29 is 9.59 Å². The van der Waals surface area contributed by atoms with Crippen LogP contribution in [0.5, 0.6) is 0 Å². The number of ketones is 1. The van der Waals surface area contributed by atoms with Crippen LogP contribution in [-0.2, 0) is 9.59 Å². The van der Waals surface area contributed by atoms with Gasteiger partial charge in [-0.3, -0.25) is 9.59 Å². The summed E-state index contributed by atoms with van der Waals surface area (Å²) in [5.41, 5.74) is 0.0375. The molecule has 1 heterocycles. The molecule has 0 saturated heterocycles. The second-order valence-corrected chi connectivity index (χ2v) is 8.13. The first kappa shape index (κ1) is 13.5. The molecule has 114 valence electrons. The Morgan fingerprint density at radius 2 is 1.90 bits per heavy atom. The molecule has 1 amide bonds. The molecular formula is C18H25NO2. The van der Waals surface area contributed by atoms with Crippen LogP contribution in [0.4, 0.5) is 0 Å². The van der Waals surface area contributed by atoms with Gasteiger partial charge in [-0.05, 0) is 55.9 Å². The van der Waals surface area contributed by atoms with E-state index in [1.807, 2.05) is 0 Å². The van der Waals surface area contributed by atoms with Crippen molar-refractivity contribution in [2.75, 3.05) is 0 Å². The summed E-state index contributed by atoms with van der Waals surface area (Å²) in [5.74, 6) is 2.43. The van der Waals surface area contributed by atoms with Gasteiger partial charge in [-0.2, -0.15) is 0 Å². The fraction of sp³-hybridized carbons (Fsp3) is 0.778. The molecule has 4 rings (SSSR count). The van der Waals surface area contributed by atoms with E-state index < -0.39 is 0 Å². The Labute approximate surface area is 126 Å². The number of amides is 1. The summed E-state index contributed by atoms with van der Waals surface area (Å²) < 4.78 is 0. The molecule has 1 aliphatic heterocycles. The van der Waals surface area contributed by atoms with Crippen molar-refractivity contribution in [3.63, 3.8) is 0 Å². The second-order valence-electron chi connectivity index (χ2n) is 8.13. The third-order valence-corrected chi connectivity index (χ3v) is 7.39. The third kappa shape index (κ3) is 1.66. The summed E-state index contributed by atoms with van der Waals surface area (Å²) in [4.78, 5) is 24.0. The van der Waals surface area contributed by atoms with Gasteiger partial charge >= 0.3 is 0 Å². The minimum atomic E-state index is -0.0496. The first-order valence-corrected chi connectivity index (χ1v) is 8.48. The molecule has 1 N–H and O–H groups in total. The highest BCUT2D eigenvalue weighted by molar-refractivity contribution is 5.89. The Hall–Kier alpha value is -1.12. The normalized spacial score (nSPS) is 51.9. The molecule has 0 aromatic heterocycles. The molecule has 0 spiro atoms. The molecule has 0 aromatic carbocycles. The van der Waals surface area contributed by atoms with E-state index in [9.17, 15) is 9.59 Å². The van der Waals surface area contributed by atoms with Crippen LogP contribution in [0.3, 0.4) is 0 Å². The second kappa shape index (κ2) is 4.21. The maximum absolute atomic E-state index is 12.3. The van der Waals surface area contributed by atoms with Crippen molar-refractivity contribution in [3.8, 4) is 0 Å². The van der Waals surface area contributed by atoms with Gasteiger partial charge in [0.05, 0.1) is 0 Å². The Balaban J connectivity index is 1.70.